The molecular weight excluding hydrogens is 487 g/mol. The van der Waals surface area contributed by atoms with Crippen LogP contribution >= 0.6 is 0 Å². The fourth-order valence-corrected chi connectivity index (χ4v) is 8.17. The molecule has 4 nitrogen and oxygen atoms in total. The first kappa shape index (κ1) is 24.1. The molecule has 200 valence electrons. The summed E-state index contributed by atoms with van der Waals surface area (Å²) in [5, 5.41) is 0. The Morgan fingerprint density at radius 2 is 1.15 bits per heavy atom. The van der Waals surface area contributed by atoms with Gasteiger partial charge in [-0.2, -0.15) is 0 Å². The molecule has 5 heterocycles. The Balaban J connectivity index is 1.53. The van der Waals surface area contributed by atoms with E-state index in [1.807, 2.05) is 0 Å². The van der Waals surface area contributed by atoms with Crippen molar-refractivity contribution in [2.45, 2.75) is 72.1 Å². The summed E-state index contributed by atoms with van der Waals surface area (Å²) in [6.07, 6.45) is 2.28. The van der Waals surface area contributed by atoms with Crippen molar-refractivity contribution in [2.24, 2.45) is 7.05 Å². The molecular formula is C35H38BN4+. The molecule has 2 atom stereocenters. The number of anilines is 6. The van der Waals surface area contributed by atoms with Gasteiger partial charge in [0.1, 0.15) is 11.4 Å². The summed E-state index contributed by atoms with van der Waals surface area (Å²) in [4.78, 5) is 8.11. The number of aryl methyl sites for hydroxylation is 2. The first-order valence-electron chi connectivity index (χ1n) is 15.0. The summed E-state index contributed by atoms with van der Waals surface area (Å²) < 4.78 is 2.36. The van der Waals surface area contributed by atoms with Crippen LogP contribution in [0.15, 0.2) is 60.8 Å². The Labute approximate surface area is 239 Å². The highest BCUT2D eigenvalue weighted by Gasteiger charge is 2.66. The van der Waals surface area contributed by atoms with E-state index in [2.05, 4.69) is 135 Å². The molecule has 0 amide bonds. The average Bonchev–Trinajstić information content (AvgIpc) is 3.46. The third-order valence-corrected chi connectivity index (χ3v) is 10.1. The van der Waals surface area contributed by atoms with Crippen LogP contribution in [-0.2, 0) is 7.05 Å². The minimum atomic E-state index is 0.00880. The molecule has 0 fully saturated rings. The Morgan fingerprint density at radius 1 is 0.625 bits per heavy atom. The highest BCUT2D eigenvalue weighted by molar-refractivity contribution is 6.80. The van der Waals surface area contributed by atoms with E-state index in [0.717, 1.165) is 0 Å². The van der Waals surface area contributed by atoms with E-state index in [4.69, 9.17) is 0 Å². The summed E-state index contributed by atoms with van der Waals surface area (Å²) >= 11 is 0. The van der Waals surface area contributed by atoms with Crippen LogP contribution in [0, 0.1) is 6.92 Å². The van der Waals surface area contributed by atoms with Crippen LogP contribution < -0.4 is 19.0 Å². The van der Waals surface area contributed by atoms with Crippen LogP contribution in [0.4, 0.5) is 34.3 Å². The normalized spacial score (nSPS) is 19.2. The number of rotatable bonds is 2. The lowest BCUT2D eigenvalue weighted by Gasteiger charge is -2.40. The third-order valence-electron chi connectivity index (χ3n) is 10.1. The molecule has 0 N–H and O–H groups in total. The van der Waals surface area contributed by atoms with Gasteiger partial charge >= 0.3 is 7.12 Å². The van der Waals surface area contributed by atoms with Gasteiger partial charge in [-0.15, -0.1) is 0 Å². The Morgan fingerprint density at radius 3 is 1.73 bits per heavy atom. The van der Waals surface area contributed by atoms with Gasteiger partial charge < -0.3 is 9.62 Å². The van der Waals surface area contributed by atoms with Gasteiger partial charge in [0, 0.05) is 23.2 Å². The average molecular weight is 526 g/mol. The zero-order chi connectivity index (χ0) is 27.8. The number of aromatic nitrogens is 1. The monoisotopic (exact) mass is 525 g/mol. The van der Waals surface area contributed by atoms with Crippen LogP contribution in [0.5, 0.6) is 0 Å². The van der Waals surface area contributed by atoms with Crippen molar-refractivity contribution >= 4 is 41.4 Å². The topological polar surface area (TPSA) is 13.6 Å². The fourth-order valence-electron chi connectivity index (χ4n) is 8.17. The largest absolute Gasteiger partial charge is 0.644 e. The Kier molecular flexibility index (Phi) is 4.78. The van der Waals surface area contributed by atoms with Crippen molar-refractivity contribution in [3.05, 3.63) is 99.7 Å². The molecule has 4 aliphatic heterocycles. The Bertz CT molecular complexity index is 1630. The number of hydrogen-bond acceptors (Lipinski definition) is 3. The van der Waals surface area contributed by atoms with Gasteiger partial charge in [0.2, 0.25) is 0 Å². The van der Waals surface area contributed by atoms with Crippen molar-refractivity contribution in [1.29, 1.82) is 0 Å². The van der Waals surface area contributed by atoms with Gasteiger partial charge in [0.05, 0.1) is 18.9 Å². The number of hydrogen-bond donors (Lipinski definition) is 0. The lowest BCUT2D eigenvalue weighted by molar-refractivity contribution is -0.657. The summed E-state index contributed by atoms with van der Waals surface area (Å²) in [5.41, 5.74) is 16.9. The summed E-state index contributed by atoms with van der Waals surface area (Å²) in [7, 11) is 2.23. The second-order valence-electron chi connectivity index (χ2n) is 13.0. The molecule has 0 radical (unpaired) electrons. The molecule has 0 bridgehead atoms. The predicted octanol–water partition coefficient (Wildman–Crippen LogP) is 8.42. The Hall–Kier alpha value is -3.73. The zero-order valence-corrected chi connectivity index (χ0v) is 24.9. The van der Waals surface area contributed by atoms with Crippen LogP contribution in [-0.4, -0.2) is 7.12 Å². The second-order valence-corrected chi connectivity index (χ2v) is 13.0. The summed E-state index contributed by atoms with van der Waals surface area (Å²) in [6, 6.07) is 21.1. The predicted molar refractivity (Wildman–Crippen MR) is 167 cm³/mol. The molecule has 4 aromatic rings. The van der Waals surface area contributed by atoms with Crippen molar-refractivity contribution in [3.8, 4) is 0 Å². The van der Waals surface area contributed by atoms with Gasteiger partial charge in [0.15, 0.2) is 0 Å². The van der Waals surface area contributed by atoms with Gasteiger partial charge in [-0.3, -0.25) is 0 Å². The van der Waals surface area contributed by atoms with E-state index in [9.17, 15) is 0 Å². The molecule has 0 spiro atoms. The van der Waals surface area contributed by atoms with E-state index in [1.165, 1.54) is 73.2 Å². The number of nitrogens with zero attached hydrogens (tertiary/aromatic N) is 4. The smallest absolute Gasteiger partial charge is 0.318 e. The summed E-state index contributed by atoms with van der Waals surface area (Å²) in [5.74, 6) is 2.85. The maximum atomic E-state index is 2.73. The van der Waals surface area contributed by atoms with Crippen LogP contribution in [0.25, 0.3) is 0 Å². The third kappa shape index (κ3) is 2.71. The number of benzene rings is 3. The molecule has 3 aromatic carbocycles. The van der Waals surface area contributed by atoms with E-state index >= 15 is 0 Å². The molecule has 2 unspecified atom stereocenters. The van der Waals surface area contributed by atoms with Crippen LogP contribution in [0.1, 0.15) is 104 Å². The standard InChI is InChI=1S/C35H38BN4/c1-19(2)24-11-9-13-26-22(6)28-16-15-21(5)30-33(28)38(31(24)26)36-39-32-25(20(3)4)12-10-14-27(32)23(7)29-17-18-37(8)35(34(29)39)40(30)36/h9-20,22-23H,1-8H3/q+1. The molecule has 40 heavy (non-hydrogen) atoms. The fraction of sp³-hybridized carbons (Fsp3) is 0.343. The van der Waals surface area contributed by atoms with Gasteiger partial charge in [-0.1, -0.05) is 90.1 Å². The minimum absolute atomic E-state index is 0.00880. The lowest BCUT2D eigenvalue weighted by Crippen LogP contribution is -2.54. The lowest BCUT2D eigenvalue weighted by atomic mass is 9.75. The van der Waals surface area contributed by atoms with Crippen molar-refractivity contribution < 1.29 is 4.57 Å². The highest BCUT2D eigenvalue weighted by atomic mass is 15.5. The second kappa shape index (κ2) is 7.93. The van der Waals surface area contributed by atoms with E-state index < -0.39 is 0 Å². The van der Waals surface area contributed by atoms with Gasteiger partial charge in [-0.25, -0.2) is 9.38 Å². The first-order chi connectivity index (χ1) is 19.2. The molecule has 5 heteroatoms. The summed E-state index contributed by atoms with van der Waals surface area (Å²) in [6.45, 7) is 16.5. The number of pyridine rings is 1. The van der Waals surface area contributed by atoms with E-state index in [0.29, 0.717) is 23.7 Å². The SMILES string of the molecule is Cc1ccc2c3c1N1B(N3c3c(C(C)C)cccc3C2C)N2c3c(C(C)C)cccc3C(C)c3cc[n+](C)c1c32. The van der Waals surface area contributed by atoms with Crippen molar-refractivity contribution in [3.63, 3.8) is 0 Å². The molecule has 1 aromatic heterocycles. The number of fused-ring (bicyclic) bond motifs is 9. The van der Waals surface area contributed by atoms with Crippen molar-refractivity contribution in [2.75, 3.05) is 14.4 Å². The molecule has 4 aliphatic rings. The van der Waals surface area contributed by atoms with E-state index in [1.54, 1.807) is 0 Å². The maximum absolute atomic E-state index is 2.73. The molecule has 0 saturated carbocycles. The quantitative estimate of drug-likeness (QED) is 0.193. The zero-order valence-electron chi connectivity index (χ0n) is 24.9. The van der Waals surface area contributed by atoms with Gasteiger partial charge in [-0.05, 0) is 63.8 Å². The van der Waals surface area contributed by atoms with Crippen LogP contribution in [0.3, 0.4) is 0 Å². The molecule has 0 saturated heterocycles. The molecule has 8 rings (SSSR count). The minimum Gasteiger partial charge on any atom is -0.318 e. The maximum Gasteiger partial charge on any atom is 0.644 e. The van der Waals surface area contributed by atoms with Gasteiger partial charge in [0.25, 0.3) is 5.82 Å². The first-order valence-corrected chi connectivity index (χ1v) is 15.0. The highest BCUT2D eigenvalue weighted by Crippen LogP contribution is 2.64. The van der Waals surface area contributed by atoms with E-state index in [-0.39, 0.29) is 7.12 Å². The van der Waals surface area contributed by atoms with Crippen molar-refractivity contribution in [1.82, 2.24) is 0 Å². The van der Waals surface area contributed by atoms with Crippen LogP contribution in [0.2, 0.25) is 0 Å². The molecule has 0 aliphatic carbocycles. The number of para-hydroxylation sites is 2.